The Labute approximate surface area is 84.2 Å². The summed E-state index contributed by atoms with van der Waals surface area (Å²) in [6.45, 7) is 4.85. The normalized spacial score (nSPS) is 9.29. The summed E-state index contributed by atoms with van der Waals surface area (Å²) in [6.07, 6.45) is 1.11. The van der Waals surface area contributed by atoms with E-state index < -0.39 is 6.09 Å². The zero-order chi connectivity index (χ0) is 10.8. The number of hydrogen-bond donors (Lipinski definition) is 2. The second-order valence-corrected chi connectivity index (χ2v) is 2.84. The van der Waals surface area contributed by atoms with Gasteiger partial charge in [-0.25, -0.2) is 4.79 Å². The molecule has 0 unspecified atom stereocenters. The molecule has 0 spiro atoms. The Balaban J connectivity index is 3.41. The SMILES string of the molecule is CCCNC(=O)CNC(=O)OCCC. The standard InChI is InChI=1S/C9H18N2O3/c1-3-5-10-8(12)7-11-9(13)14-6-4-2/h3-7H2,1-2H3,(H,10,12)(H,11,13). The van der Waals surface area contributed by atoms with Gasteiger partial charge < -0.3 is 15.4 Å². The molecule has 2 amide bonds. The van der Waals surface area contributed by atoms with Gasteiger partial charge in [-0.15, -0.1) is 0 Å². The predicted octanol–water partition coefficient (Wildman–Crippen LogP) is 0.649. The molecule has 14 heavy (non-hydrogen) atoms. The second-order valence-electron chi connectivity index (χ2n) is 2.84. The lowest BCUT2D eigenvalue weighted by Crippen LogP contribution is -2.37. The maximum Gasteiger partial charge on any atom is 0.407 e. The Morgan fingerprint density at radius 1 is 1.14 bits per heavy atom. The van der Waals surface area contributed by atoms with Crippen molar-refractivity contribution in [2.24, 2.45) is 0 Å². The lowest BCUT2D eigenvalue weighted by Gasteiger charge is -2.06. The molecule has 0 heterocycles. The highest BCUT2D eigenvalue weighted by molar-refractivity contribution is 5.81. The summed E-state index contributed by atoms with van der Waals surface area (Å²) in [5, 5.41) is 4.99. The molecule has 2 N–H and O–H groups in total. The molecule has 0 rings (SSSR count). The van der Waals surface area contributed by atoms with Crippen molar-refractivity contribution >= 4 is 12.0 Å². The van der Waals surface area contributed by atoms with Gasteiger partial charge in [-0.2, -0.15) is 0 Å². The predicted molar refractivity (Wildman–Crippen MR) is 52.9 cm³/mol. The molecule has 0 aromatic carbocycles. The summed E-state index contributed by atoms with van der Waals surface area (Å²) >= 11 is 0. The number of rotatable bonds is 6. The molecule has 0 aliphatic carbocycles. The van der Waals surface area contributed by atoms with Gasteiger partial charge in [-0.1, -0.05) is 13.8 Å². The number of amides is 2. The molecule has 5 heteroatoms. The lowest BCUT2D eigenvalue weighted by molar-refractivity contribution is -0.120. The molecule has 0 aliphatic heterocycles. The molecular weight excluding hydrogens is 184 g/mol. The first-order valence-corrected chi connectivity index (χ1v) is 4.88. The third-order valence-corrected chi connectivity index (χ3v) is 1.40. The Hall–Kier alpha value is -1.26. The van der Waals surface area contributed by atoms with E-state index >= 15 is 0 Å². The minimum atomic E-state index is -0.543. The third kappa shape index (κ3) is 7.39. The minimum Gasteiger partial charge on any atom is -0.450 e. The van der Waals surface area contributed by atoms with Crippen LogP contribution in [-0.4, -0.2) is 31.7 Å². The molecule has 0 fully saturated rings. The molecule has 0 aliphatic rings. The van der Waals surface area contributed by atoms with E-state index in [-0.39, 0.29) is 12.5 Å². The Bertz CT molecular complexity index is 163. The van der Waals surface area contributed by atoms with Gasteiger partial charge in [0.1, 0.15) is 0 Å². The first-order valence-electron chi connectivity index (χ1n) is 4.88. The van der Waals surface area contributed by atoms with Gasteiger partial charge in [0.15, 0.2) is 0 Å². The van der Waals surface area contributed by atoms with Gasteiger partial charge in [0.2, 0.25) is 5.91 Å². The van der Waals surface area contributed by atoms with Gasteiger partial charge in [-0.3, -0.25) is 4.79 Å². The largest absolute Gasteiger partial charge is 0.450 e. The first kappa shape index (κ1) is 12.7. The van der Waals surface area contributed by atoms with E-state index in [2.05, 4.69) is 10.6 Å². The number of hydrogen-bond acceptors (Lipinski definition) is 3. The molecule has 0 saturated heterocycles. The van der Waals surface area contributed by atoms with Gasteiger partial charge >= 0.3 is 6.09 Å². The third-order valence-electron chi connectivity index (χ3n) is 1.40. The van der Waals surface area contributed by atoms with Crippen LogP contribution in [0, 0.1) is 0 Å². The first-order chi connectivity index (χ1) is 6.70. The fraction of sp³-hybridized carbons (Fsp3) is 0.778. The highest BCUT2D eigenvalue weighted by Crippen LogP contribution is 1.81. The monoisotopic (exact) mass is 202 g/mol. The molecular formula is C9H18N2O3. The Morgan fingerprint density at radius 2 is 1.86 bits per heavy atom. The van der Waals surface area contributed by atoms with Crippen LogP contribution in [0.5, 0.6) is 0 Å². The summed E-state index contributed by atoms with van der Waals surface area (Å²) in [4.78, 5) is 21.9. The molecule has 82 valence electrons. The van der Waals surface area contributed by atoms with E-state index in [1.807, 2.05) is 13.8 Å². The molecule has 0 radical (unpaired) electrons. The van der Waals surface area contributed by atoms with Crippen molar-refractivity contribution in [3.05, 3.63) is 0 Å². The lowest BCUT2D eigenvalue weighted by atomic mass is 10.4. The van der Waals surface area contributed by atoms with Crippen molar-refractivity contribution < 1.29 is 14.3 Å². The van der Waals surface area contributed by atoms with E-state index in [0.717, 1.165) is 12.8 Å². The van der Waals surface area contributed by atoms with Crippen molar-refractivity contribution in [3.63, 3.8) is 0 Å². The Kier molecular flexibility index (Phi) is 7.59. The van der Waals surface area contributed by atoms with E-state index in [1.54, 1.807) is 0 Å². The fourth-order valence-corrected chi connectivity index (χ4v) is 0.725. The van der Waals surface area contributed by atoms with E-state index in [1.165, 1.54) is 0 Å². The number of carbonyl (C=O) groups is 2. The van der Waals surface area contributed by atoms with Crippen molar-refractivity contribution in [2.75, 3.05) is 19.7 Å². The molecule has 0 atom stereocenters. The fourth-order valence-electron chi connectivity index (χ4n) is 0.725. The summed E-state index contributed by atoms with van der Waals surface area (Å²) in [7, 11) is 0. The van der Waals surface area contributed by atoms with Crippen molar-refractivity contribution in [1.29, 1.82) is 0 Å². The van der Waals surface area contributed by atoms with E-state index in [9.17, 15) is 9.59 Å². The van der Waals surface area contributed by atoms with Crippen molar-refractivity contribution in [1.82, 2.24) is 10.6 Å². The average molecular weight is 202 g/mol. The van der Waals surface area contributed by atoms with Gasteiger partial charge in [-0.05, 0) is 12.8 Å². The highest BCUT2D eigenvalue weighted by Gasteiger charge is 2.04. The number of carbonyl (C=O) groups excluding carboxylic acids is 2. The van der Waals surface area contributed by atoms with Crippen LogP contribution < -0.4 is 10.6 Å². The Morgan fingerprint density at radius 3 is 2.43 bits per heavy atom. The van der Waals surface area contributed by atoms with Crippen LogP contribution in [0.2, 0.25) is 0 Å². The van der Waals surface area contributed by atoms with Crippen LogP contribution in [-0.2, 0) is 9.53 Å². The molecule has 0 saturated carbocycles. The number of nitrogens with one attached hydrogen (secondary N) is 2. The van der Waals surface area contributed by atoms with E-state index in [0.29, 0.717) is 13.2 Å². The van der Waals surface area contributed by atoms with Crippen LogP contribution in [0.15, 0.2) is 0 Å². The maximum absolute atomic E-state index is 11.0. The molecule has 0 bridgehead atoms. The second kappa shape index (κ2) is 8.34. The van der Waals surface area contributed by atoms with Crippen LogP contribution in [0.1, 0.15) is 26.7 Å². The zero-order valence-electron chi connectivity index (χ0n) is 8.76. The van der Waals surface area contributed by atoms with Crippen molar-refractivity contribution in [2.45, 2.75) is 26.7 Å². The minimum absolute atomic E-state index is 0.0253. The highest BCUT2D eigenvalue weighted by atomic mass is 16.5. The zero-order valence-corrected chi connectivity index (χ0v) is 8.76. The summed E-state index contributed by atoms with van der Waals surface area (Å²) < 4.78 is 4.72. The molecule has 5 nitrogen and oxygen atoms in total. The van der Waals surface area contributed by atoms with E-state index in [4.69, 9.17) is 4.74 Å². The van der Waals surface area contributed by atoms with Crippen LogP contribution in [0.3, 0.4) is 0 Å². The summed E-state index contributed by atoms with van der Waals surface area (Å²) in [5.41, 5.74) is 0. The smallest absolute Gasteiger partial charge is 0.407 e. The van der Waals surface area contributed by atoms with Crippen molar-refractivity contribution in [3.8, 4) is 0 Å². The van der Waals surface area contributed by atoms with Crippen LogP contribution in [0.25, 0.3) is 0 Å². The summed E-state index contributed by atoms with van der Waals surface area (Å²) in [5.74, 6) is -0.194. The van der Waals surface area contributed by atoms with Gasteiger partial charge in [0.25, 0.3) is 0 Å². The topological polar surface area (TPSA) is 67.4 Å². The quantitative estimate of drug-likeness (QED) is 0.664. The van der Waals surface area contributed by atoms with Gasteiger partial charge in [0, 0.05) is 6.54 Å². The average Bonchev–Trinajstić information content (AvgIpc) is 2.20. The van der Waals surface area contributed by atoms with Gasteiger partial charge in [0.05, 0.1) is 13.2 Å². The van der Waals surface area contributed by atoms with Crippen LogP contribution in [0.4, 0.5) is 4.79 Å². The summed E-state index contributed by atoms with van der Waals surface area (Å²) in [6, 6.07) is 0. The molecule has 0 aromatic rings. The number of ether oxygens (including phenoxy) is 1. The molecule has 0 aromatic heterocycles. The number of alkyl carbamates (subject to hydrolysis) is 1. The maximum atomic E-state index is 11.0. The van der Waals surface area contributed by atoms with Crippen LogP contribution >= 0.6 is 0 Å².